The number of rotatable bonds is 4. The van der Waals surface area contributed by atoms with E-state index in [1.54, 1.807) is 14.2 Å². The standard InChI is InChI=1S/C20H23N3O2/c1-24-17-9-8-16(12-18(17)25-2)20-21-19-13-15(10-11-23(19)22-20)14-6-4-3-5-7-14/h8-14H,3-7H2,1-2H3. The lowest BCUT2D eigenvalue weighted by molar-refractivity contribution is 0.355. The van der Waals surface area contributed by atoms with E-state index in [0.29, 0.717) is 23.2 Å². The van der Waals surface area contributed by atoms with Gasteiger partial charge in [-0.3, -0.25) is 0 Å². The predicted molar refractivity (Wildman–Crippen MR) is 97.4 cm³/mol. The Morgan fingerprint density at radius 3 is 2.52 bits per heavy atom. The molecule has 5 nitrogen and oxygen atoms in total. The molecule has 1 saturated carbocycles. The fourth-order valence-electron chi connectivity index (χ4n) is 3.68. The number of hydrogen-bond donors (Lipinski definition) is 0. The van der Waals surface area contributed by atoms with Crippen LogP contribution in [-0.2, 0) is 0 Å². The highest BCUT2D eigenvalue weighted by Crippen LogP contribution is 2.34. The first kappa shape index (κ1) is 15.9. The third-order valence-electron chi connectivity index (χ3n) is 5.08. The smallest absolute Gasteiger partial charge is 0.182 e. The molecule has 0 N–H and O–H groups in total. The molecule has 0 aliphatic heterocycles. The van der Waals surface area contributed by atoms with Crippen molar-refractivity contribution in [1.82, 2.24) is 14.6 Å². The average Bonchev–Trinajstić information content (AvgIpc) is 3.11. The number of pyridine rings is 1. The molecule has 1 aliphatic carbocycles. The zero-order chi connectivity index (χ0) is 17.2. The van der Waals surface area contributed by atoms with E-state index in [9.17, 15) is 0 Å². The SMILES string of the molecule is COc1ccc(-c2nc3cc(C4CCCCC4)ccn3n2)cc1OC. The van der Waals surface area contributed by atoms with Gasteiger partial charge >= 0.3 is 0 Å². The summed E-state index contributed by atoms with van der Waals surface area (Å²) in [7, 11) is 3.27. The van der Waals surface area contributed by atoms with Gasteiger partial charge in [0.25, 0.3) is 0 Å². The van der Waals surface area contributed by atoms with Gasteiger partial charge in [0, 0.05) is 11.8 Å². The lowest BCUT2D eigenvalue weighted by Crippen LogP contribution is -2.05. The van der Waals surface area contributed by atoms with Crippen LogP contribution in [0.5, 0.6) is 11.5 Å². The summed E-state index contributed by atoms with van der Waals surface area (Å²) < 4.78 is 12.5. The van der Waals surface area contributed by atoms with Gasteiger partial charge in [-0.15, -0.1) is 5.10 Å². The maximum absolute atomic E-state index is 5.38. The minimum absolute atomic E-state index is 0.667. The summed E-state index contributed by atoms with van der Waals surface area (Å²) in [5.74, 6) is 2.75. The van der Waals surface area contributed by atoms with Crippen molar-refractivity contribution in [3.8, 4) is 22.9 Å². The third-order valence-corrected chi connectivity index (χ3v) is 5.08. The van der Waals surface area contributed by atoms with Crippen molar-refractivity contribution in [2.24, 2.45) is 0 Å². The van der Waals surface area contributed by atoms with Crippen molar-refractivity contribution in [2.45, 2.75) is 38.0 Å². The van der Waals surface area contributed by atoms with Crippen molar-refractivity contribution in [2.75, 3.05) is 14.2 Å². The molecule has 2 heterocycles. The summed E-state index contributed by atoms with van der Waals surface area (Å²) >= 11 is 0. The minimum atomic E-state index is 0.667. The Morgan fingerprint density at radius 2 is 1.76 bits per heavy atom. The van der Waals surface area contributed by atoms with E-state index in [1.807, 2.05) is 28.9 Å². The van der Waals surface area contributed by atoms with Crippen molar-refractivity contribution >= 4 is 5.65 Å². The zero-order valence-electron chi connectivity index (χ0n) is 14.7. The summed E-state index contributed by atoms with van der Waals surface area (Å²) in [6.07, 6.45) is 8.63. The van der Waals surface area contributed by atoms with Crippen LogP contribution in [0.2, 0.25) is 0 Å². The fourth-order valence-corrected chi connectivity index (χ4v) is 3.68. The van der Waals surface area contributed by atoms with Gasteiger partial charge in [0.05, 0.1) is 14.2 Å². The van der Waals surface area contributed by atoms with E-state index in [4.69, 9.17) is 14.5 Å². The van der Waals surface area contributed by atoms with Crippen LogP contribution in [0, 0.1) is 0 Å². The molecule has 4 rings (SSSR count). The van der Waals surface area contributed by atoms with Gasteiger partial charge in [0.1, 0.15) is 0 Å². The summed E-state index contributed by atoms with van der Waals surface area (Å²) in [5.41, 5.74) is 3.20. The first-order valence-corrected chi connectivity index (χ1v) is 8.87. The Hall–Kier alpha value is -2.56. The zero-order valence-corrected chi connectivity index (χ0v) is 14.7. The molecule has 0 saturated heterocycles. The first-order valence-electron chi connectivity index (χ1n) is 8.87. The summed E-state index contributed by atoms with van der Waals surface area (Å²) in [6, 6.07) is 10.1. The molecule has 2 aromatic heterocycles. The quantitative estimate of drug-likeness (QED) is 0.705. The largest absolute Gasteiger partial charge is 0.493 e. The second kappa shape index (κ2) is 6.75. The van der Waals surface area contributed by atoms with E-state index in [-0.39, 0.29) is 0 Å². The van der Waals surface area contributed by atoms with Gasteiger partial charge in [0.15, 0.2) is 23.0 Å². The van der Waals surface area contributed by atoms with Crippen LogP contribution in [-0.4, -0.2) is 28.8 Å². The average molecular weight is 337 g/mol. The lowest BCUT2D eigenvalue weighted by Gasteiger charge is -2.21. The first-order chi connectivity index (χ1) is 12.3. The van der Waals surface area contributed by atoms with Crippen LogP contribution >= 0.6 is 0 Å². The second-order valence-electron chi connectivity index (χ2n) is 6.60. The molecular weight excluding hydrogens is 314 g/mol. The van der Waals surface area contributed by atoms with Gasteiger partial charge < -0.3 is 9.47 Å². The van der Waals surface area contributed by atoms with Gasteiger partial charge in [-0.25, -0.2) is 9.50 Å². The van der Waals surface area contributed by atoms with Crippen LogP contribution in [0.15, 0.2) is 36.5 Å². The van der Waals surface area contributed by atoms with Crippen molar-refractivity contribution in [1.29, 1.82) is 0 Å². The number of aromatic nitrogens is 3. The number of nitrogens with zero attached hydrogens (tertiary/aromatic N) is 3. The maximum Gasteiger partial charge on any atom is 0.182 e. The molecule has 1 fully saturated rings. The predicted octanol–water partition coefficient (Wildman–Crippen LogP) is 4.46. The van der Waals surface area contributed by atoms with Crippen LogP contribution in [0.4, 0.5) is 0 Å². The molecule has 0 spiro atoms. The molecule has 1 aromatic carbocycles. The molecule has 3 aromatic rings. The number of benzene rings is 1. The number of hydrogen-bond acceptors (Lipinski definition) is 4. The molecule has 0 unspecified atom stereocenters. The molecule has 0 amide bonds. The summed E-state index contributed by atoms with van der Waals surface area (Å²) in [5, 5.41) is 4.61. The number of methoxy groups -OCH3 is 2. The molecule has 0 bridgehead atoms. The Morgan fingerprint density at radius 1 is 0.960 bits per heavy atom. The molecular formula is C20H23N3O2. The van der Waals surface area contributed by atoms with E-state index in [1.165, 1.54) is 37.7 Å². The van der Waals surface area contributed by atoms with E-state index in [2.05, 4.69) is 17.2 Å². The van der Waals surface area contributed by atoms with Crippen LogP contribution < -0.4 is 9.47 Å². The lowest BCUT2D eigenvalue weighted by atomic mass is 9.84. The molecule has 0 radical (unpaired) electrons. The topological polar surface area (TPSA) is 48.7 Å². The van der Waals surface area contributed by atoms with Crippen molar-refractivity contribution in [3.05, 3.63) is 42.1 Å². The molecule has 0 atom stereocenters. The van der Waals surface area contributed by atoms with Crippen LogP contribution in [0.3, 0.4) is 0 Å². The molecule has 1 aliphatic rings. The Kier molecular flexibility index (Phi) is 4.30. The molecule has 130 valence electrons. The highest BCUT2D eigenvalue weighted by Gasteiger charge is 2.17. The van der Waals surface area contributed by atoms with Crippen molar-refractivity contribution in [3.63, 3.8) is 0 Å². The third kappa shape index (κ3) is 3.06. The normalized spacial score (nSPS) is 15.4. The molecule has 5 heteroatoms. The number of ether oxygens (including phenoxy) is 2. The number of fused-ring (bicyclic) bond motifs is 1. The Balaban J connectivity index is 1.69. The van der Waals surface area contributed by atoms with E-state index < -0.39 is 0 Å². The summed E-state index contributed by atoms with van der Waals surface area (Å²) in [4.78, 5) is 4.72. The van der Waals surface area contributed by atoms with E-state index in [0.717, 1.165) is 11.2 Å². The highest BCUT2D eigenvalue weighted by atomic mass is 16.5. The Bertz CT molecular complexity index is 882. The van der Waals surface area contributed by atoms with Crippen LogP contribution in [0.1, 0.15) is 43.6 Å². The minimum Gasteiger partial charge on any atom is -0.493 e. The molecule has 25 heavy (non-hydrogen) atoms. The second-order valence-corrected chi connectivity index (χ2v) is 6.60. The van der Waals surface area contributed by atoms with Gasteiger partial charge in [0.2, 0.25) is 0 Å². The van der Waals surface area contributed by atoms with E-state index >= 15 is 0 Å². The fraction of sp³-hybridized carbons (Fsp3) is 0.400. The van der Waals surface area contributed by atoms with Crippen molar-refractivity contribution < 1.29 is 9.47 Å². The van der Waals surface area contributed by atoms with Crippen LogP contribution in [0.25, 0.3) is 17.0 Å². The van der Waals surface area contributed by atoms with Gasteiger partial charge in [-0.2, -0.15) is 0 Å². The summed E-state index contributed by atoms with van der Waals surface area (Å²) in [6.45, 7) is 0. The van der Waals surface area contributed by atoms with Gasteiger partial charge in [-0.1, -0.05) is 19.3 Å². The Labute approximate surface area is 147 Å². The maximum atomic E-state index is 5.38. The van der Waals surface area contributed by atoms with Gasteiger partial charge in [-0.05, 0) is 54.7 Å². The highest BCUT2D eigenvalue weighted by molar-refractivity contribution is 5.63. The monoisotopic (exact) mass is 337 g/mol.